The molecule has 0 saturated carbocycles. The number of carboxylic acid groups (broad SMARTS) is 1. The highest BCUT2D eigenvalue weighted by atomic mass is 32.2. The molecular weight excluding hydrogens is 330 g/mol. The molecule has 0 aliphatic heterocycles. The fourth-order valence-electron chi connectivity index (χ4n) is 2.02. The number of nitrogens with one attached hydrogen (secondary N) is 1. The van der Waals surface area contributed by atoms with Crippen LogP contribution in [0.15, 0.2) is 53.4 Å². The van der Waals surface area contributed by atoms with Gasteiger partial charge < -0.3 is 9.84 Å². The van der Waals surface area contributed by atoms with Gasteiger partial charge in [0.1, 0.15) is 10.6 Å². The molecule has 128 valence electrons. The van der Waals surface area contributed by atoms with Gasteiger partial charge in [0, 0.05) is 5.69 Å². The number of sulfonamides is 1. The van der Waals surface area contributed by atoms with E-state index in [0.29, 0.717) is 12.3 Å². The second-order valence-corrected chi connectivity index (χ2v) is 6.79. The zero-order chi connectivity index (χ0) is 17.6. The van der Waals surface area contributed by atoms with Crippen LogP contribution >= 0.6 is 0 Å². The van der Waals surface area contributed by atoms with E-state index in [2.05, 4.69) is 4.72 Å². The molecule has 0 aliphatic carbocycles. The van der Waals surface area contributed by atoms with Crippen LogP contribution in [0.4, 0.5) is 5.69 Å². The molecule has 6 nitrogen and oxygen atoms in total. The van der Waals surface area contributed by atoms with Gasteiger partial charge in [0.05, 0.1) is 12.2 Å². The SMILES string of the molecule is CCCCOc1cc(C(=O)O)ccc1S(=O)(=O)Nc1ccccc1. The smallest absolute Gasteiger partial charge is 0.335 e. The zero-order valence-corrected chi connectivity index (χ0v) is 14.0. The van der Waals surface area contributed by atoms with Crippen molar-refractivity contribution in [3.05, 3.63) is 54.1 Å². The van der Waals surface area contributed by atoms with Crippen molar-refractivity contribution >= 4 is 21.7 Å². The maximum absolute atomic E-state index is 12.6. The van der Waals surface area contributed by atoms with Crippen LogP contribution in [0, 0.1) is 0 Å². The van der Waals surface area contributed by atoms with Crippen LogP contribution in [0.2, 0.25) is 0 Å². The van der Waals surface area contributed by atoms with Crippen LogP contribution in [-0.2, 0) is 10.0 Å². The lowest BCUT2D eigenvalue weighted by Gasteiger charge is -2.14. The first-order valence-corrected chi connectivity index (χ1v) is 9.00. The van der Waals surface area contributed by atoms with Gasteiger partial charge in [-0.1, -0.05) is 31.5 Å². The fourth-order valence-corrected chi connectivity index (χ4v) is 3.20. The first-order chi connectivity index (χ1) is 11.4. The summed E-state index contributed by atoms with van der Waals surface area (Å²) >= 11 is 0. The average Bonchev–Trinajstić information content (AvgIpc) is 2.55. The van der Waals surface area contributed by atoms with Crippen molar-refractivity contribution in [1.29, 1.82) is 0 Å². The van der Waals surface area contributed by atoms with Gasteiger partial charge in [-0.3, -0.25) is 4.72 Å². The van der Waals surface area contributed by atoms with E-state index in [1.165, 1.54) is 18.2 Å². The molecule has 7 heteroatoms. The predicted molar refractivity (Wildman–Crippen MR) is 91.1 cm³/mol. The van der Waals surface area contributed by atoms with Gasteiger partial charge >= 0.3 is 5.97 Å². The maximum Gasteiger partial charge on any atom is 0.335 e. The van der Waals surface area contributed by atoms with Gasteiger partial charge in [-0.25, -0.2) is 13.2 Å². The van der Waals surface area contributed by atoms with Crippen molar-refractivity contribution in [2.24, 2.45) is 0 Å². The highest BCUT2D eigenvalue weighted by Gasteiger charge is 2.21. The molecule has 0 bridgehead atoms. The molecule has 0 atom stereocenters. The summed E-state index contributed by atoms with van der Waals surface area (Å²) in [5.41, 5.74) is 0.388. The van der Waals surface area contributed by atoms with Crippen molar-refractivity contribution in [2.45, 2.75) is 24.7 Å². The molecule has 0 spiro atoms. The van der Waals surface area contributed by atoms with Gasteiger partial charge in [-0.2, -0.15) is 0 Å². The van der Waals surface area contributed by atoms with Crippen molar-refractivity contribution in [2.75, 3.05) is 11.3 Å². The summed E-state index contributed by atoms with van der Waals surface area (Å²) in [6, 6.07) is 12.2. The number of anilines is 1. The minimum atomic E-state index is -3.89. The molecule has 2 aromatic carbocycles. The van der Waals surface area contributed by atoms with E-state index in [-0.39, 0.29) is 16.2 Å². The van der Waals surface area contributed by atoms with Crippen LogP contribution in [-0.4, -0.2) is 26.1 Å². The summed E-state index contributed by atoms with van der Waals surface area (Å²) in [6.07, 6.45) is 1.62. The Morgan fingerprint density at radius 1 is 1.17 bits per heavy atom. The third kappa shape index (κ3) is 4.48. The number of hydrogen-bond acceptors (Lipinski definition) is 4. The number of hydrogen-bond donors (Lipinski definition) is 2. The highest BCUT2D eigenvalue weighted by molar-refractivity contribution is 7.92. The van der Waals surface area contributed by atoms with Gasteiger partial charge in [-0.15, -0.1) is 0 Å². The molecule has 0 fully saturated rings. The Labute approximate surface area is 141 Å². The molecule has 24 heavy (non-hydrogen) atoms. The van der Waals surface area contributed by atoms with Crippen LogP contribution < -0.4 is 9.46 Å². The molecule has 0 heterocycles. The van der Waals surface area contributed by atoms with Gasteiger partial charge in [-0.05, 0) is 36.8 Å². The quantitative estimate of drug-likeness (QED) is 0.713. The lowest BCUT2D eigenvalue weighted by atomic mass is 10.2. The highest BCUT2D eigenvalue weighted by Crippen LogP contribution is 2.27. The Hall–Kier alpha value is -2.54. The average molecular weight is 349 g/mol. The number of aromatic carboxylic acids is 1. The maximum atomic E-state index is 12.6. The number of unbranched alkanes of at least 4 members (excludes halogenated alkanes) is 1. The molecule has 0 amide bonds. The van der Waals surface area contributed by atoms with Gasteiger partial charge in [0.25, 0.3) is 10.0 Å². The molecule has 2 rings (SSSR count). The van der Waals surface area contributed by atoms with Crippen molar-refractivity contribution in [3.8, 4) is 5.75 Å². The third-order valence-electron chi connectivity index (χ3n) is 3.26. The summed E-state index contributed by atoms with van der Waals surface area (Å²) < 4.78 is 33.2. The zero-order valence-electron chi connectivity index (χ0n) is 13.2. The summed E-state index contributed by atoms with van der Waals surface area (Å²) in [6.45, 7) is 2.29. The van der Waals surface area contributed by atoms with Crippen LogP contribution in [0.1, 0.15) is 30.1 Å². The lowest BCUT2D eigenvalue weighted by Crippen LogP contribution is -2.15. The second-order valence-electron chi connectivity index (χ2n) is 5.14. The Morgan fingerprint density at radius 2 is 1.88 bits per heavy atom. The number of benzene rings is 2. The molecule has 0 aliphatic rings. The Balaban J connectivity index is 2.37. The van der Waals surface area contributed by atoms with Crippen LogP contribution in [0.3, 0.4) is 0 Å². The molecule has 0 aromatic heterocycles. The number of para-hydroxylation sites is 1. The molecule has 0 unspecified atom stereocenters. The molecule has 0 radical (unpaired) electrons. The monoisotopic (exact) mass is 349 g/mol. The van der Waals surface area contributed by atoms with E-state index >= 15 is 0 Å². The van der Waals surface area contributed by atoms with E-state index in [1.54, 1.807) is 30.3 Å². The Morgan fingerprint density at radius 3 is 2.50 bits per heavy atom. The molecular formula is C17H19NO5S. The molecule has 2 N–H and O–H groups in total. The predicted octanol–water partition coefficient (Wildman–Crippen LogP) is 3.36. The first kappa shape index (κ1) is 17.8. The molecule has 2 aromatic rings. The number of ether oxygens (including phenoxy) is 1. The van der Waals surface area contributed by atoms with E-state index in [9.17, 15) is 13.2 Å². The Kier molecular flexibility index (Phi) is 5.81. The van der Waals surface area contributed by atoms with E-state index in [1.807, 2.05) is 6.92 Å². The van der Waals surface area contributed by atoms with Crippen molar-refractivity contribution in [3.63, 3.8) is 0 Å². The summed E-state index contributed by atoms with van der Waals surface area (Å²) in [5, 5.41) is 9.09. The van der Waals surface area contributed by atoms with Gasteiger partial charge in [0.2, 0.25) is 0 Å². The number of carboxylic acids is 1. The summed E-state index contributed by atoms with van der Waals surface area (Å²) in [5.74, 6) is -1.11. The summed E-state index contributed by atoms with van der Waals surface area (Å²) in [7, 11) is -3.89. The number of carbonyl (C=O) groups is 1. The molecule has 0 saturated heterocycles. The van der Waals surface area contributed by atoms with E-state index in [4.69, 9.17) is 9.84 Å². The van der Waals surface area contributed by atoms with E-state index < -0.39 is 16.0 Å². The van der Waals surface area contributed by atoms with Crippen LogP contribution in [0.25, 0.3) is 0 Å². The first-order valence-electron chi connectivity index (χ1n) is 7.52. The normalized spacial score (nSPS) is 11.0. The van der Waals surface area contributed by atoms with Gasteiger partial charge in [0.15, 0.2) is 0 Å². The van der Waals surface area contributed by atoms with Crippen molar-refractivity contribution in [1.82, 2.24) is 0 Å². The minimum Gasteiger partial charge on any atom is -0.492 e. The standard InChI is InChI=1S/C17H19NO5S/c1-2-3-11-23-15-12-13(17(19)20)9-10-16(15)24(21,22)18-14-7-5-4-6-8-14/h4-10,12,18H,2-3,11H2,1H3,(H,19,20). The Bertz CT molecular complexity index is 803. The number of rotatable bonds is 8. The third-order valence-corrected chi connectivity index (χ3v) is 4.68. The summed E-state index contributed by atoms with van der Waals surface area (Å²) in [4.78, 5) is 11.0. The van der Waals surface area contributed by atoms with Crippen LogP contribution in [0.5, 0.6) is 5.75 Å². The van der Waals surface area contributed by atoms with E-state index in [0.717, 1.165) is 12.8 Å². The second kappa shape index (κ2) is 7.83. The topological polar surface area (TPSA) is 92.7 Å². The largest absolute Gasteiger partial charge is 0.492 e. The fraction of sp³-hybridized carbons (Fsp3) is 0.235. The lowest BCUT2D eigenvalue weighted by molar-refractivity contribution is 0.0696. The minimum absolute atomic E-state index is 0.0276. The van der Waals surface area contributed by atoms with Crippen molar-refractivity contribution < 1.29 is 23.1 Å².